The van der Waals surface area contributed by atoms with Gasteiger partial charge in [-0.25, -0.2) is 0 Å². The molecule has 0 heterocycles. The zero-order valence-corrected chi connectivity index (χ0v) is 16.2. The van der Waals surface area contributed by atoms with Gasteiger partial charge in [-0.1, -0.05) is 75.1 Å². The van der Waals surface area contributed by atoms with Gasteiger partial charge in [-0.15, -0.1) is 0 Å². The Hall–Kier alpha value is -2.08. The fourth-order valence-electron chi connectivity index (χ4n) is 4.54. The van der Waals surface area contributed by atoms with Crippen LogP contribution < -0.4 is 10.4 Å². The van der Waals surface area contributed by atoms with Crippen LogP contribution in [0.1, 0.15) is 56.6 Å². The van der Waals surface area contributed by atoms with Crippen molar-refractivity contribution in [3.63, 3.8) is 0 Å². The topological polar surface area (TPSA) is 0 Å². The van der Waals surface area contributed by atoms with Crippen LogP contribution in [0.4, 0.5) is 0 Å². The Bertz CT molecular complexity index is 919. The van der Waals surface area contributed by atoms with Gasteiger partial charge in [0.2, 0.25) is 0 Å². The molecule has 1 saturated carbocycles. The number of fused-ring (bicyclic) bond motifs is 1. The van der Waals surface area contributed by atoms with Crippen molar-refractivity contribution in [1.82, 2.24) is 0 Å². The summed E-state index contributed by atoms with van der Waals surface area (Å²) in [4.78, 5) is 0. The summed E-state index contributed by atoms with van der Waals surface area (Å²) in [7, 11) is 0. The predicted octanol–water partition coefficient (Wildman–Crippen LogP) is 5.70. The van der Waals surface area contributed by atoms with Gasteiger partial charge in [0.1, 0.15) is 0 Å². The Morgan fingerprint density at radius 1 is 0.962 bits per heavy atom. The summed E-state index contributed by atoms with van der Waals surface area (Å²) >= 11 is 0. The first-order valence-corrected chi connectivity index (χ1v) is 10.4. The maximum absolute atomic E-state index is 2.53. The van der Waals surface area contributed by atoms with Crippen LogP contribution in [-0.4, -0.2) is 0 Å². The van der Waals surface area contributed by atoms with Crippen molar-refractivity contribution in [3.05, 3.63) is 69.6 Å². The molecule has 0 aromatic heterocycles. The van der Waals surface area contributed by atoms with Crippen LogP contribution in [0.25, 0.3) is 23.3 Å². The zero-order chi connectivity index (χ0) is 17.9. The molecule has 0 aliphatic heterocycles. The van der Waals surface area contributed by atoms with E-state index in [1.807, 2.05) is 0 Å². The molecule has 4 rings (SSSR count). The molecule has 0 amide bonds. The predicted molar refractivity (Wildman–Crippen MR) is 113 cm³/mol. The monoisotopic (exact) mass is 342 g/mol. The van der Waals surface area contributed by atoms with Crippen LogP contribution in [0.2, 0.25) is 0 Å². The van der Waals surface area contributed by atoms with Crippen LogP contribution >= 0.6 is 0 Å². The number of hydrogen-bond acceptors (Lipinski definition) is 0. The summed E-state index contributed by atoms with van der Waals surface area (Å²) in [6.07, 6.45) is 16.7. The molecule has 2 aliphatic rings. The molecule has 0 unspecified atom stereocenters. The van der Waals surface area contributed by atoms with Gasteiger partial charge in [0.25, 0.3) is 0 Å². The molecule has 0 atom stereocenters. The molecule has 134 valence electrons. The highest BCUT2D eigenvalue weighted by molar-refractivity contribution is 5.78. The fraction of sp³-hybridized carbons (Fsp3) is 0.385. The summed E-state index contributed by atoms with van der Waals surface area (Å²) in [5, 5.41) is 2.79. The van der Waals surface area contributed by atoms with Gasteiger partial charge in [-0.05, 0) is 82.5 Å². The first-order chi connectivity index (χ1) is 12.7. The molecule has 2 aromatic rings. The van der Waals surface area contributed by atoms with Crippen molar-refractivity contribution in [2.24, 2.45) is 5.92 Å². The maximum atomic E-state index is 2.53. The number of rotatable bonds is 4. The number of allylic oxidation sites excluding steroid dienone is 2. The fourth-order valence-corrected chi connectivity index (χ4v) is 4.54. The SMILES string of the molecule is CCCc1ccc(-c2cc(C)cc3c2=CC(=CC2CCCCC2)C=3)cc1. The van der Waals surface area contributed by atoms with E-state index in [0.29, 0.717) is 0 Å². The number of benzene rings is 2. The quantitative estimate of drug-likeness (QED) is 0.669. The van der Waals surface area contributed by atoms with Gasteiger partial charge in [-0.2, -0.15) is 0 Å². The van der Waals surface area contributed by atoms with E-state index >= 15 is 0 Å². The Balaban J connectivity index is 1.72. The maximum Gasteiger partial charge on any atom is -0.00992 e. The highest BCUT2D eigenvalue weighted by atomic mass is 14.2. The Morgan fingerprint density at radius 2 is 1.73 bits per heavy atom. The minimum atomic E-state index is 0.776. The third-order valence-corrected chi connectivity index (χ3v) is 5.87. The van der Waals surface area contributed by atoms with Crippen LogP contribution in [0.15, 0.2) is 48.0 Å². The second-order valence-electron chi connectivity index (χ2n) is 8.12. The lowest BCUT2D eigenvalue weighted by Crippen LogP contribution is -2.24. The largest absolute Gasteiger partial charge is 0.0741 e. The first kappa shape index (κ1) is 17.3. The molecular formula is C26H30. The minimum Gasteiger partial charge on any atom is -0.0741 e. The molecule has 0 spiro atoms. The van der Waals surface area contributed by atoms with Crippen LogP contribution in [0, 0.1) is 12.8 Å². The zero-order valence-electron chi connectivity index (χ0n) is 16.2. The molecule has 0 nitrogen and oxygen atoms in total. The van der Waals surface area contributed by atoms with E-state index in [2.05, 4.69) is 68.5 Å². The minimum absolute atomic E-state index is 0.776. The highest BCUT2D eigenvalue weighted by Crippen LogP contribution is 2.27. The molecule has 26 heavy (non-hydrogen) atoms. The standard InChI is InChI=1S/C26H30/c1-3-7-20-10-12-23(13-11-20)25-15-19(2)14-24-17-22(18-26(24)25)16-21-8-5-4-6-9-21/h10-18,21H,3-9H2,1-2H3. The molecule has 2 aromatic carbocycles. The normalized spacial score (nSPS) is 18.5. The molecule has 0 N–H and O–H groups in total. The van der Waals surface area contributed by atoms with Gasteiger partial charge in [-0.3, -0.25) is 0 Å². The second kappa shape index (κ2) is 7.66. The van der Waals surface area contributed by atoms with E-state index in [-0.39, 0.29) is 0 Å². The summed E-state index contributed by atoms with van der Waals surface area (Å²) < 4.78 is 0. The van der Waals surface area contributed by atoms with Gasteiger partial charge in [0.05, 0.1) is 0 Å². The third kappa shape index (κ3) is 3.70. The lowest BCUT2D eigenvalue weighted by atomic mass is 9.88. The van der Waals surface area contributed by atoms with Crippen LogP contribution in [0.3, 0.4) is 0 Å². The van der Waals surface area contributed by atoms with Crippen molar-refractivity contribution in [2.45, 2.75) is 58.8 Å². The van der Waals surface area contributed by atoms with Crippen LogP contribution in [-0.2, 0) is 6.42 Å². The van der Waals surface area contributed by atoms with Crippen LogP contribution in [0.5, 0.6) is 0 Å². The van der Waals surface area contributed by atoms with Crippen molar-refractivity contribution in [1.29, 1.82) is 0 Å². The van der Waals surface area contributed by atoms with E-state index in [4.69, 9.17) is 0 Å². The molecule has 2 aliphatic carbocycles. The summed E-state index contributed by atoms with van der Waals surface area (Å²) in [5.74, 6) is 0.776. The Labute approximate surface area is 158 Å². The molecular weight excluding hydrogens is 312 g/mol. The lowest BCUT2D eigenvalue weighted by Gasteiger charge is -2.18. The highest BCUT2D eigenvalue weighted by Gasteiger charge is 2.13. The number of hydrogen-bond donors (Lipinski definition) is 0. The molecule has 0 saturated heterocycles. The van der Waals surface area contributed by atoms with E-state index < -0.39 is 0 Å². The van der Waals surface area contributed by atoms with Crippen molar-refractivity contribution >= 4 is 12.2 Å². The van der Waals surface area contributed by atoms with Crippen molar-refractivity contribution < 1.29 is 0 Å². The van der Waals surface area contributed by atoms with E-state index in [0.717, 1.165) is 5.92 Å². The molecule has 0 heteroatoms. The van der Waals surface area contributed by atoms with Crippen molar-refractivity contribution in [2.75, 3.05) is 0 Å². The van der Waals surface area contributed by atoms with E-state index in [1.165, 1.54) is 83.2 Å². The smallest absolute Gasteiger partial charge is 0.00992 e. The molecule has 0 bridgehead atoms. The number of aryl methyl sites for hydroxylation is 2. The average molecular weight is 343 g/mol. The van der Waals surface area contributed by atoms with Gasteiger partial charge < -0.3 is 0 Å². The second-order valence-corrected chi connectivity index (χ2v) is 8.12. The first-order valence-electron chi connectivity index (χ1n) is 10.4. The average Bonchev–Trinajstić information content (AvgIpc) is 3.05. The van der Waals surface area contributed by atoms with Gasteiger partial charge in [0, 0.05) is 0 Å². The van der Waals surface area contributed by atoms with Gasteiger partial charge >= 0.3 is 0 Å². The van der Waals surface area contributed by atoms with Crippen molar-refractivity contribution in [3.8, 4) is 11.1 Å². The summed E-state index contributed by atoms with van der Waals surface area (Å²) in [6, 6.07) is 13.9. The molecule has 0 radical (unpaired) electrons. The van der Waals surface area contributed by atoms with E-state index in [1.54, 1.807) is 0 Å². The van der Waals surface area contributed by atoms with Gasteiger partial charge in [0.15, 0.2) is 0 Å². The Kier molecular flexibility index (Phi) is 5.11. The lowest BCUT2D eigenvalue weighted by molar-refractivity contribution is 0.419. The third-order valence-electron chi connectivity index (χ3n) is 5.87. The van der Waals surface area contributed by atoms with E-state index in [9.17, 15) is 0 Å². The Morgan fingerprint density at radius 3 is 2.46 bits per heavy atom. The molecule has 1 fully saturated rings. The summed E-state index contributed by atoms with van der Waals surface area (Å²) in [5.41, 5.74) is 6.93. The summed E-state index contributed by atoms with van der Waals surface area (Å²) in [6.45, 7) is 4.46.